The summed E-state index contributed by atoms with van der Waals surface area (Å²) in [5, 5.41) is 2.98. The molecule has 2 saturated heterocycles. The van der Waals surface area contributed by atoms with Crippen molar-refractivity contribution in [2.45, 2.75) is 51.7 Å². The third kappa shape index (κ3) is 3.05. The molecule has 2 atom stereocenters. The standard InChI is InChI=1S/C19H27N3O2/c1-14(2)22-17(23)19(3,20-18(22)24)16-10-7-11-21(13-16)12-15-8-5-4-6-9-15/h4-6,8-9,14,16H,7,10-13H2,1-3H3,(H,20,24)/t16-,19+/m1/s1. The van der Waals surface area contributed by atoms with Gasteiger partial charge in [-0.1, -0.05) is 30.3 Å². The van der Waals surface area contributed by atoms with Crippen molar-refractivity contribution in [2.75, 3.05) is 13.1 Å². The molecule has 0 unspecified atom stereocenters. The fraction of sp³-hybridized carbons (Fsp3) is 0.579. The van der Waals surface area contributed by atoms with Gasteiger partial charge in [-0.2, -0.15) is 0 Å². The summed E-state index contributed by atoms with van der Waals surface area (Å²) >= 11 is 0. The minimum atomic E-state index is -0.781. The molecule has 5 nitrogen and oxygen atoms in total. The quantitative estimate of drug-likeness (QED) is 0.864. The number of likely N-dealkylation sites (tertiary alicyclic amines) is 1. The third-order valence-electron chi connectivity index (χ3n) is 5.34. The van der Waals surface area contributed by atoms with Crippen LogP contribution in [0.15, 0.2) is 30.3 Å². The monoisotopic (exact) mass is 329 g/mol. The summed E-state index contributed by atoms with van der Waals surface area (Å²) in [5.74, 6) is 0.0734. The van der Waals surface area contributed by atoms with Crippen LogP contribution in [0.3, 0.4) is 0 Å². The molecular formula is C19H27N3O2. The first-order chi connectivity index (χ1) is 11.4. The van der Waals surface area contributed by atoms with E-state index < -0.39 is 5.54 Å². The van der Waals surface area contributed by atoms with Gasteiger partial charge < -0.3 is 5.32 Å². The molecule has 3 rings (SSSR count). The Labute approximate surface area is 144 Å². The van der Waals surface area contributed by atoms with Gasteiger partial charge in [-0.15, -0.1) is 0 Å². The first-order valence-corrected chi connectivity index (χ1v) is 8.84. The van der Waals surface area contributed by atoms with Gasteiger partial charge in [0.15, 0.2) is 0 Å². The number of carbonyl (C=O) groups excluding carboxylic acids is 2. The van der Waals surface area contributed by atoms with E-state index in [2.05, 4.69) is 34.5 Å². The van der Waals surface area contributed by atoms with Crippen LogP contribution in [0.5, 0.6) is 0 Å². The molecule has 2 aliphatic heterocycles. The number of urea groups is 1. The van der Waals surface area contributed by atoms with Gasteiger partial charge in [-0.05, 0) is 45.7 Å². The Balaban J connectivity index is 1.72. The Bertz CT molecular complexity index is 616. The third-order valence-corrected chi connectivity index (χ3v) is 5.34. The summed E-state index contributed by atoms with van der Waals surface area (Å²) < 4.78 is 0. The molecule has 0 aliphatic carbocycles. The SMILES string of the molecule is CC(C)N1C(=O)N[C@@](C)([C@@H]2CCCN(Cc3ccccc3)C2)C1=O. The van der Waals surface area contributed by atoms with Crippen LogP contribution in [0.2, 0.25) is 0 Å². The van der Waals surface area contributed by atoms with E-state index in [-0.39, 0.29) is 23.9 Å². The Kier molecular flexibility index (Phi) is 4.63. The van der Waals surface area contributed by atoms with Crippen LogP contribution >= 0.6 is 0 Å². The molecule has 0 spiro atoms. The summed E-state index contributed by atoms with van der Waals surface area (Å²) in [6, 6.07) is 10.0. The molecule has 2 heterocycles. The number of benzene rings is 1. The van der Waals surface area contributed by atoms with E-state index in [1.165, 1.54) is 10.5 Å². The minimum absolute atomic E-state index is 0.0749. The summed E-state index contributed by atoms with van der Waals surface area (Å²) in [6.45, 7) is 8.42. The number of imide groups is 1. The van der Waals surface area contributed by atoms with Gasteiger partial charge in [0.05, 0.1) is 0 Å². The van der Waals surface area contributed by atoms with E-state index in [9.17, 15) is 9.59 Å². The minimum Gasteiger partial charge on any atom is -0.323 e. The van der Waals surface area contributed by atoms with E-state index in [4.69, 9.17) is 0 Å². The highest BCUT2D eigenvalue weighted by molar-refractivity contribution is 6.07. The molecule has 0 saturated carbocycles. The highest BCUT2D eigenvalue weighted by Gasteiger charge is 2.53. The van der Waals surface area contributed by atoms with Gasteiger partial charge in [-0.25, -0.2) is 4.79 Å². The predicted molar refractivity (Wildman–Crippen MR) is 93.4 cm³/mol. The van der Waals surface area contributed by atoms with Crippen molar-refractivity contribution < 1.29 is 9.59 Å². The molecule has 1 N–H and O–H groups in total. The lowest BCUT2D eigenvalue weighted by molar-refractivity contribution is -0.134. The summed E-state index contributed by atoms with van der Waals surface area (Å²) in [7, 11) is 0. The van der Waals surface area contributed by atoms with E-state index in [1.54, 1.807) is 0 Å². The van der Waals surface area contributed by atoms with Crippen molar-refractivity contribution in [3.63, 3.8) is 0 Å². The van der Waals surface area contributed by atoms with Crippen molar-refractivity contribution in [1.29, 1.82) is 0 Å². The van der Waals surface area contributed by atoms with Gasteiger partial charge in [-0.3, -0.25) is 14.6 Å². The van der Waals surface area contributed by atoms with Crippen LogP contribution in [0.25, 0.3) is 0 Å². The number of amides is 3. The lowest BCUT2D eigenvalue weighted by Gasteiger charge is -2.40. The molecule has 0 bridgehead atoms. The topological polar surface area (TPSA) is 52.7 Å². The maximum atomic E-state index is 12.9. The number of hydrogen-bond acceptors (Lipinski definition) is 3. The van der Waals surface area contributed by atoms with Crippen LogP contribution in [0.1, 0.15) is 39.2 Å². The number of carbonyl (C=O) groups is 2. The largest absolute Gasteiger partial charge is 0.325 e. The zero-order valence-corrected chi connectivity index (χ0v) is 14.8. The van der Waals surface area contributed by atoms with Crippen molar-refractivity contribution >= 4 is 11.9 Å². The average Bonchev–Trinajstić information content (AvgIpc) is 2.79. The second-order valence-electron chi connectivity index (χ2n) is 7.46. The first kappa shape index (κ1) is 17.0. The molecule has 130 valence electrons. The zero-order valence-electron chi connectivity index (χ0n) is 14.8. The number of nitrogens with zero attached hydrogens (tertiary/aromatic N) is 2. The normalized spacial score (nSPS) is 28.5. The highest BCUT2D eigenvalue weighted by atomic mass is 16.2. The molecule has 1 aromatic carbocycles. The molecule has 0 radical (unpaired) electrons. The van der Waals surface area contributed by atoms with Crippen LogP contribution in [-0.2, 0) is 11.3 Å². The van der Waals surface area contributed by atoms with Gasteiger partial charge in [0.25, 0.3) is 5.91 Å². The maximum absolute atomic E-state index is 12.9. The molecule has 3 amide bonds. The molecule has 0 aromatic heterocycles. The Morgan fingerprint density at radius 3 is 2.58 bits per heavy atom. The van der Waals surface area contributed by atoms with Crippen LogP contribution < -0.4 is 5.32 Å². The number of nitrogens with one attached hydrogen (secondary N) is 1. The number of hydrogen-bond donors (Lipinski definition) is 1. The second kappa shape index (κ2) is 6.55. The lowest BCUT2D eigenvalue weighted by Crippen LogP contribution is -2.55. The molecule has 2 aliphatic rings. The first-order valence-electron chi connectivity index (χ1n) is 8.84. The van der Waals surface area contributed by atoms with Gasteiger partial charge >= 0.3 is 6.03 Å². The number of rotatable bonds is 4. The van der Waals surface area contributed by atoms with Crippen LogP contribution in [-0.4, -0.2) is 46.4 Å². The van der Waals surface area contributed by atoms with Crippen molar-refractivity contribution in [3.8, 4) is 0 Å². The van der Waals surface area contributed by atoms with E-state index in [0.717, 1.165) is 32.5 Å². The van der Waals surface area contributed by atoms with Crippen molar-refractivity contribution in [3.05, 3.63) is 35.9 Å². The Hall–Kier alpha value is -1.88. The maximum Gasteiger partial charge on any atom is 0.325 e. The highest BCUT2D eigenvalue weighted by Crippen LogP contribution is 2.33. The second-order valence-corrected chi connectivity index (χ2v) is 7.46. The van der Waals surface area contributed by atoms with Crippen molar-refractivity contribution in [1.82, 2.24) is 15.1 Å². The Morgan fingerprint density at radius 1 is 1.25 bits per heavy atom. The van der Waals surface area contributed by atoms with Crippen molar-refractivity contribution in [2.24, 2.45) is 5.92 Å². The van der Waals surface area contributed by atoms with Gasteiger partial charge in [0.2, 0.25) is 0 Å². The molecule has 1 aromatic rings. The number of piperidine rings is 1. The molecular weight excluding hydrogens is 302 g/mol. The summed E-state index contributed by atoms with van der Waals surface area (Å²) in [6.07, 6.45) is 2.03. The van der Waals surface area contributed by atoms with Crippen LogP contribution in [0.4, 0.5) is 4.79 Å². The zero-order chi connectivity index (χ0) is 17.3. The summed E-state index contributed by atoms with van der Waals surface area (Å²) in [5.41, 5.74) is 0.505. The Morgan fingerprint density at radius 2 is 1.96 bits per heavy atom. The fourth-order valence-electron chi connectivity index (χ4n) is 3.94. The summed E-state index contributed by atoms with van der Waals surface area (Å²) in [4.78, 5) is 28.9. The fourth-order valence-corrected chi connectivity index (χ4v) is 3.94. The average molecular weight is 329 g/mol. The van der Waals surface area contributed by atoms with E-state index >= 15 is 0 Å². The smallest absolute Gasteiger partial charge is 0.323 e. The lowest BCUT2D eigenvalue weighted by atomic mass is 9.79. The van der Waals surface area contributed by atoms with E-state index in [1.807, 2.05) is 26.8 Å². The van der Waals surface area contributed by atoms with Gasteiger partial charge in [0.1, 0.15) is 5.54 Å². The molecule has 2 fully saturated rings. The van der Waals surface area contributed by atoms with E-state index in [0.29, 0.717) is 0 Å². The molecule has 24 heavy (non-hydrogen) atoms. The predicted octanol–water partition coefficient (Wildman–Crippen LogP) is 2.62. The molecule has 5 heteroatoms. The van der Waals surface area contributed by atoms with Crippen LogP contribution in [0, 0.1) is 5.92 Å². The van der Waals surface area contributed by atoms with Gasteiger partial charge in [0, 0.05) is 25.0 Å².